The number of benzene rings is 2. The van der Waals surface area contributed by atoms with Gasteiger partial charge in [0.25, 0.3) is 5.91 Å². The molecule has 2 aromatic carbocycles. The van der Waals surface area contributed by atoms with Crippen molar-refractivity contribution in [3.63, 3.8) is 0 Å². The molecule has 4 rings (SSSR count). The summed E-state index contributed by atoms with van der Waals surface area (Å²) in [7, 11) is 1.57. The molecular weight excluding hydrogens is 382 g/mol. The van der Waals surface area contributed by atoms with E-state index in [1.165, 1.54) is 0 Å². The highest BCUT2D eigenvalue weighted by atomic mass is 16.5. The lowest BCUT2D eigenvalue weighted by Gasteiger charge is -2.09. The normalized spacial score (nSPS) is 11.1. The van der Waals surface area contributed by atoms with Gasteiger partial charge in [0.15, 0.2) is 5.82 Å². The molecule has 8 nitrogen and oxygen atoms in total. The van der Waals surface area contributed by atoms with Crippen molar-refractivity contribution in [3.8, 4) is 5.75 Å². The van der Waals surface area contributed by atoms with Crippen LogP contribution in [0.3, 0.4) is 0 Å². The summed E-state index contributed by atoms with van der Waals surface area (Å²) in [6.45, 7) is 1.93. The molecule has 0 spiro atoms. The molecule has 154 valence electrons. The van der Waals surface area contributed by atoms with Crippen LogP contribution in [-0.2, 0) is 11.3 Å². The fraction of sp³-hybridized carbons (Fsp3) is 0.227. The number of amides is 1. The predicted molar refractivity (Wildman–Crippen MR) is 116 cm³/mol. The number of anilines is 1. The number of carbonyl (C=O) groups is 1. The van der Waals surface area contributed by atoms with E-state index in [-0.39, 0.29) is 5.91 Å². The first-order valence-electron chi connectivity index (χ1n) is 9.66. The number of rotatable bonds is 8. The molecule has 8 heteroatoms. The van der Waals surface area contributed by atoms with Crippen LogP contribution in [0.15, 0.2) is 54.9 Å². The summed E-state index contributed by atoms with van der Waals surface area (Å²) in [6.07, 6.45) is 1.75. The van der Waals surface area contributed by atoms with Crippen molar-refractivity contribution in [3.05, 3.63) is 60.4 Å². The summed E-state index contributed by atoms with van der Waals surface area (Å²) in [5.41, 5.74) is 9.10. The van der Waals surface area contributed by atoms with E-state index in [9.17, 15) is 4.79 Å². The second kappa shape index (κ2) is 8.79. The molecule has 0 saturated heterocycles. The van der Waals surface area contributed by atoms with Crippen molar-refractivity contribution in [2.75, 3.05) is 32.6 Å². The molecular formula is C22H23N5O3. The van der Waals surface area contributed by atoms with Crippen LogP contribution in [-0.4, -0.2) is 47.3 Å². The SMILES string of the molecule is COc1cccc(C(=O)NCCOCCn2cnc3c(N)nc4ccccc4c32)c1. The van der Waals surface area contributed by atoms with Gasteiger partial charge in [-0.3, -0.25) is 4.79 Å². The zero-order chi connectivity index (χ0) is 20.9. The van der Waals surface area contributed by atoms with Gasteiger partial charge in [-0.15, -0.1) is 0 Å². The number of para-hydroxylation sites is 1. The lowest BCUT2D eigenvalue weighted by Crippen LogP contribution is -2.27. The number of nitrogens with zero attached hydrogens (tertiary/aromatic N) is 3. The third kappa shape index (κ3) is 4.04. The van der Waals surface area contributed by atoms with Gasteiger partial charge in [-0.1, -0.05) is 24.3 Å². The average molecular weight is 405 g/mol. The zero-order valence-electron chi connectivity index (χ0n) is 16.7. The molecule has 0 radical (unpaired) electrons. The second-order valence-electron chi connectivity index (χ2n) is 6.75. The van der Waals surface area contributed by atoms with Crippen molar-refractivity contribution in [2.24, 2.45) is 0 Å². The van der Waals surface area contributed by atoms with Gasteiger partial charge >= 0.3 is 0 Å². The first-order chi connectivity index (χ1) is 14.7. The van der Waals surface area contributed by atoms with Gasteiger partial charge in [0.05, 0.1) is 37.7 Å². The van der Waals surface area contributed by atoms with Crippen molar-refractivity contribution in [1.82, 2.24) is 19.9 Å². The summed E-state index contributed by atoms with van der Waals surface area (Å²) >= 11 is 0. The van der Waals surface area contributed by atoms with E-state index in [4.69, 9.17) is 15.2 Å². The Kier molecular flexibility index (Phi) is 5.76. The Bertz CT molecular complexity index is 1190. The van der Waals surface area contributed by atoms with Crippen LogP contribution < -0.4 is 15.8 Å². The predicted octanol–water partition coefficient (Wildman–Crippen LogP) is 2.62. The fourth-order valence-corrected chi connectivity index (χ4v) is 3.34. The standard InChI is InChI=1S/C22H23N5O3/c1-29-16-6-4-5-15(13-16)22(28)24-9-11-30-12-10-27-14-25-19-20(27)17-7-2-3-8-18(17)26-21(19)23/h2-8,13-14H,9-12H2,1H3,(H2,23,26)(H,24,28). The summed E-state index contributed by atoms with van der Waals surface area (Å²) in [4.78, 5) is 21.0. The number of imidazole rings is 1. The van der Waals surface area contributed by atoms with Gasteiger partial charge in [0.2, 0.25) is 0 Å². The molecule has 4 aromatic rings. The monoisotopic (exact) mass is 405 g/mol. The van der Waals surface area contributed by atoms with Crippen LogP contribution in [0.5, 0.6) is 5.75 Å². The number of hydrogen-bond acceptors (Lipinski definition) is 6. The molecule has 0 fully saturated rings. The van der Waals surface area contributed by atoms with E-state index < -0.39 is 0 Å². The summed E-state index contributed by atoms with van der Waals surface area (Å²) in [5, 5.41) is 3.85. The third-order valence-corrected chi connectivity index (χ3v) is 4.82. The van der Waals surface area contributed by atoms with E-state index in [0.29, 0.717) is 49.0 Å². The van der Waals surface area contributed by atoms with E-state index >= 15 is 0 Å². The number of aromatic nitrogens is 3. The van der Waals surface area contributed by atoms with Crippen LogP contribution in [0.25, 0.3) is 21.9 Å². The van der Waals surface area contributed by atoms with Crippen LogP contribution in [0.4, 0.5) is 5.82 Å². The Morgan fingerprint density at radius 2 is 2.03 bits per heavy atom. The van der Waals surface area contributed by atoms with Crippen LogP contribution in [0, 0.1) is 0 Å². The fourth-order valence-electron chi connectivity index (χ4n) is 3.34. The summed E-state index contributed by atoms with van der Waals surface area (Å²) in [6, 6.07) is 14.9. The maximum Gasteiger partial charge on any atom is 0.251 e. The van der Waals surface area contributed by atoms with Gasteiger partial charge in [-0.05, 0) is 24.3 Å². The minimum Gasteiger partial charge on any atom is -0.497 e. The Hall–Kier alpha value is -3.65. The Morgan fingerprint density at radius 1 is 1.17 bits per heavy atom. The van der Waals surface area contributed by atoms with Crippen LogP contribution in [0.2, 0.25) is 0 Å². The van der Waals surface area contributed by atoms with E-state index in [0.717, 1.165) is 16.4 Å². The van der Waals surface area contributed by atoms with E-state index in [2.05, 4.69) is 15.3 Å². The highest BCUT2D eigenvalue weighted by molar-refractivity contribution is 6.06. The molecule has 1 amide bonds. The number of methoxy groups -OCH3 is 1. The molecule has 0 unspecified atom stereocenters. The number of fused-ring (bicyclic) bond motifs is 3. The number of nitrogen functional groups attached to an aromatic ring is 1. The average Bonchev–Trinajstić information content (AvgIpc) is 3.21. The first-order valence-corrected chi connectivity index (χ1v) is 9.66. The molecule has 0 aliphatic heterocycles. The van der Waals surface area contributed by atoms with Gasteiger partial charge < -0.3 is 25.1 Å². The largest absolute Gasteiger partial charge is 0.497 e. The minimum atomic E-state index is -0.160. The molecule has 0 aliphatic carbocycles. The molecule has 0 saturated carbocycles. The van der Waals surface area contributed by atoms with Crippen molar-refractivity contribution in [1.29, 1.82) is 0 Å². The van der Waals surface area contributed by atoms with Crippen molar-refractivity contribution in [2.45, 2.75) is 6.54 Å². The molecule has 0 atom stereocenters. The molecule has 2 heterocycles. The van der Waals surface area contributed by atoms with Gasteiger partial charge in [-0.25, -0.2) is 9.97 Å². The first kappa shape index (κ1) is 19.7. The summed E-state index contributed by atoms with van der Waals surface area (Å²) < 4.78 is 12.9. The summed E-state index contributed by atoms with van der Waals surface area (Å²) in [5.74, 6) is 0.908. The van der Waals surface area contributed by atoms with Crippen molar-refractivity contribution < 1.29 is 14.3 Å². The van der Waals surface area contributed by atoms with Crippen molar-refractivity contribution >= 4 is 33.7 Å². The van der Waals surface area contributed by atoms with Gasteiger partial charge in [-0.2, -0.15) is 0 Å². The maximum atomic E-state index is 12.2. The molecule has 2 aromatic heterocycles. The highest BCUT2D eigenvalue weighted by Crippen LogP contribution is 2.26. The van der Waals surface area contributed by atoms with Crippen LogP contribution in [0.1, 0.15) is 10.4 Å². The lowest BCUT2D eigenvalue weighted by atomic mass is 10.2. The number of pyridine rings is 1. The van der Waals surface area contributed by atoms with Gasteiger partial charge in [0, 0.05) is 24.0 Å². The number of ether oxygens (including phenoxy) is 2. The molecule has 3 N–H and O–H groups in total. The molecule has 30 heavy (non-hydrogen) atoms. The number of carbonyl (C=O) groups excluding carboxylic acids is 1. The third-order valence-electron chi connectivity index (χ3n) is 4.82. The minimum absolute atomic E-state index is 0.160. The van der Waals surface area contributed by atoms with Gasteiger partial charge in [0.1, 0.15) is 11.3 Å². The molecule has 0 bridgehead atoms. The topological polar surface area (TPSA) is 104 Å². The zero-order valence-corrected chi connectivity index (χ0v) is 16.7. The smallest absolute Gasteiger partial charge is 0.251 e. The second-order valence-corrected chi connectivity index (χ2v) is 6.75. The lowest BCUT2D eigenvalue weighted by molar-refractivity contribution is 0.0909. The van der Waals surface area contributed by atoms with E-state index in [1.54, 1.807) is 37.7 Å². The van der Waals surface area contributed by atoms with E-state index in [1.807, 2.05) is 28.8 Å². The number of nitrogens with two attached hydrogens (primary N) is 1. The number of nitrogens with one attached hydrogen (secondary N) is 1. The Labute approximate surface area is 173 Å². The number of hydrogen-bond donors (Lipinski definition) is 2. The maximum absolute atomic E-state index is 12.2. The Balaban J connectivity index is 1.31. The Morgan fingerprint density at radius 3 is 2.90 bits per heavy atom. The molecule has 0 aliphatic rings. The quantitative estimate of drug-likeness (QED) is 0.437. The van der Waals surface area contributed by atoms with Crippen LogP contribution >= 0.6 is 0 Å². The highest BCUT2D eigenvalue weighted by Gasteiger charge is 2.12.